The van der Waals surface area contributed by atoms with E-state index in [1.807, 2.05) is 0 Å². The van der Waals surface area contributed by atoms with Gasteiger partial charge in [0.25, 0.3) is 0 Å². The highest BCUT2D eigenvalue weighted by atomic mass is 32.2. The van der Waals surface area contributed by atoms with Crippen LogP contribution in [-0.4, -0.2) is 90.1 Å². The number of nitrogens with zero attached hydrogens (tertiary/aromatic N) is 2. The average molecular weight is 520 g/mol. The van der Waals surface area contributed by atoms with Crippen molar-refractivity contribution in [2.45, 2.75) is 43.7 Å². The van der Waals surface area contributed by atoms with Crippen molar-refractivity contribution < 1.29 is 44.4 Å². The standard InChI is InChI=1S/C23H25N3O9S/c1-9-16-15(10(2)27)20(29)26(16)17(22(32)33)18(9)36-13-7-14(25(8-13)23(34)35)19(28)24-12-5-3-4-11(6-12)21(30)31/h3-6,9-10,13-16,27H,7-8H2,1-2H3,(H,24,28)(H,30,31)(H,32,33)(H,34,35)/t9?,10?,13?,14-,15?,16?/m0/s1. The third-order valence-electron chi connectivity index (χ3n) is 6.79. The Morgan fingerprint density at radius 1 is 1.14 bits per heavy atom. The van der Waals surface area contributed by atoms with Gasteiger partial charge in [0.05, 0.1) is 23.6 Å². The highest BCUT2D eigenvalue weighted by molar-refractivity contribution is 8.03. The number of amides is 3. The summed E-state index contributed by atoms with van der Waals surface area (Å²) in [5, 5.41) is 40.7. The summed E-state index contributed by atoms with van der Waals surface area (Å²) in [6.45, 7) is 3.20. The molecule has 5 unspecified atom stereocenters. The molecule has 0 saturated carbocycles. The molecule has 5 N–H and O–H groups in total. The number of β-lactam (4-membered cyclic amide) rings is 1. The van der Waals surface area contributed by atoms with Gasteiger partial charge in [0.2, 0.25) is 11.8 Å². The van der Waals surface area contributed by atoms with Gasteiger partial charge >= 0.3 is 18.0 Å². The van der Waals surface area contributed by atoms with Gasteiger partial charge in [0.15, 0.2) is 0 Å². The van der Waals surface area contributed by atoms with Crippen LogP contribution in [0.4, 0.5) is 10.5 Å². The Hall–Kier alpha value is -3.58. The van der Waals surface area contributed by atoms with Crippen LogP contribution in [0.5, 0.6) is 0 Å². The summed E-state index contributed by atoms with van der Waals surface area (Å²) in [7, 11) is 0. The summed E-state index contributed by atoms with van der Waals surface area (Å²) in [5.74, 6) is -4.66. The van der Waals surface area contributed by atoms with E-state index in [0.29, 0.717) is 4.91 Å². The van der Waals surface area contributed by atoms with Crippen molar-refractivity contribution in [1.29, 1.82) is 0 Å². The van der Waals surface area contributed by atoms with E-state index >= 15 is 0 Å². The minimum atomic E-state index is -1.32. The van der Waals surface area contributed by atoms with Gasteiger partial charge in [-0.25, -0.2) is 14.4 Å². The Morgan fingerprint density at radius 2 is 1.83 bits per heavy atom. The first kappa shape index (κ1) is 25.5. The van der Waals surface area contributed by atoms with Crippen LogP contribution < -0.4 is 5.32 Å². The molecule has 0 bridgehead atoms. The summed E-state index contributed by atoms with van der Waals surface area (Å²) >= 11 is 1.14. The lowest BCUT2D eigenvalue weighted by atomic mass is 9.79. The molecule has 36 heavy (non-hydrogen) atoms. The number of rotatable bonds is 7. The fourth-order valence-electron chi connectivity index (χ4n) is 5.16. The van der Waals surface area contributed by atoms with E-state index in [0.717, 1.165) is 16.7 Å². The van der Waals surface area contributed by atoms with Gasteiger partial charge in [-0.1, -0.05) is 13.0 Å². The van der Waals surface area contributed by atoms with Crippen LogP contribution in [0.25, 0.3) is 0 Å². The number of carboxylic acid groups (broad SMARTS) is 3. The number of carboxylic acids is 2. The number of anilines is 1. The predicted octanol–water partition coefficient (Wildman–Crippen LogP) is 1.33. The number of carbonyl (C=O) groups excluding carboxylic acids is 2. The molecule has 3 aliphatic heterocycles. The Balaban J connectivity index is 1.53. The number of aliphatic carboxylic acids is 1. The lowest BCUT2D eigenvalue weighted by Gasteiger charge is -2.46. The lowest BCUT2D eigenvalue weighted by Crippen LogP contribution is -2.63. The van der Waals surface area contributed by atoms with Gasteiger partial charge in [-0.05, 0) is 31.5 Å². The Bertz CT molecular complexity index is 1180. The predicted molar refractivity (Wildman–Crippen MR) is 126 cm³/mol. The Labute approximate surface area is 209 Å². The highest BCUT2D eigenvalue weighted by Gasteiger charge is 2.60. The van der Waals surface area contributed by atoms with E-state index in [4.69, 9.17) is 5.11 Å². The quantitative estimate of drug-likeness (QED) is 0.329. The summed E-state index contributed by atoms with van der Waals surface area (Å²) in [6, 6.07) is 3.98. The number of hydrogen-bond acceptors (Lipinski definition) is 7. The SMILES string of the molecule is CC(O)C1C(=O)N2C(C(=O)O)=C(SC3C[C@@H](C(=O)Nc4cccc(C(=O)O)c4)N(C(=O)O)C3)C(C)C12. The molecule has 0 aliphatic carbocycles. The van der Waals surface area contributed by atoms with Crippen LogP contribution in [0.15, 0.2) is 34.9 Å². The zero-order valence-electron chi connectivity index (χ0n) is 19.3. The molecule has 4 rings (SSSR count). The van der Waals surface area contributed by atoms with E-state index in [1.54, 1.807) is 6.92 Å². The van der Waals surface area contributed by atoms with E-state index in [9.17, 15) is 39.3 Å². The molecule has 1 aromatic rings. The number of carbonyl (C=O) groups is 5. The molecule has 12 nitrogen and oxygen atoms in total. The number of likely N-dealkylation sites (tertiary alicyclic amines) is 1. The topological polar surface area (TPSA) is 185 Å². The monoisotopic (exact) mass is 519 g/mol. The fraction of sp³-hybridized carbons (Fsp3) is 0.435. The van der Waals surface area contributed by atoms with E-state index in [-0.39, 0.29) is 35.8 Å². The number of hydrogen-bond donors (Lipinski definition) is 5. The first-order valence-electron chi connectivity index (χ1n) is 11.2. The molecular weight excluding hydrogens is 494 g/mol. The van der Waals surface area contributed by atoms with Gasteiger partial charge in [-0.2, -0.15) is 0 Å². The number of aliphatic hydroxyl groups excluding tert-OH is 1. The zero-order chi connectivity index (χ0) is 26.5. The molecule has 192 valence electrons. The molecule has 6 atom stereocenters. The normalized spacial score (nSPS) is 28.0. The van der Waals surface area contributed by atoms with Crippen molar-refractivity contribution in [2.75, 3.05) is 11.9 Å². The second-order valence-electron chi connectivity index (χ2n) is 9.07. The maximum absolute atomic E-state index is 12.9. The Kier molecular flexibility index (Phi) is 6.71. The van der Waals surface area contributed by atoms with Crippen LogP contribution in [0, 0.1) is 11.8 Å². The molecular formula is C23H25N3O9S. The van der Waals surface area contributed by atoms with Gasteiger partial charge in [0, 0.05) is 28.3 Å². The van der Waals surface area contributed by atoms with E-state index < -0.39 is 59.2 Å². The zero-order valence-corrected chi connectivity index (χ0v) is 20.1. The van der Waals surface area contributed by atoms with Crippen molar-refractivity contribution in [2.24, 2.45) is 11.8 Å². The average Bonchev–Trinajstić information content (AvgIpc) is 3.32. The summed E-state index contributed by atoms with van der Waals surface area (Å²) in [4.78, 5) is 63.1. The number of thioether (sulfide) groups is 1. The van der Waals surface area contributed by atoms with Crippen LogP contribution in [0.2, 0.25) is 0 Å². The summed E-state index contributed by atoms with van der Waals surface area (Å²) < 4.78 is 0. The molecule has 2 saturated heterocycles. The van der Waals surface area contributed by atoms with Crippen LogP contribution in [0.3, 0.4) is 0 Å². The number of fused-ring (bicyclic) bond motifs is 1. The van der Waals surface area contributed by atoms with Crippen LogP contribution >= 0.6 is 11.8 Å². The van der Waals surface area contributed by atoms with Crippen molar-refractivity contribution in [1.82, 2.24) is 9.80 Å². The van der Waals surface area contributed by atoms with E-state index in [2.05, 4.69) is 5.32 Å². The van der Waals surface area contributed by atoms with Gasteiger partial charge in [0.1, 0.15) is 11.7 Å². The molecule has 3 amide bonds. The second kappa shape index (κ2) is 9.47. The van der Waals surface area contributed by atoms with Crippen LogP contribution in [0.1, 0.15) is 30.6 Å². The lowest BCUT2D eigenvalue weighted by molar-refractivity contribution is -0.163. The van der Waals surface area contributed by atoms with Crippen molar-refractivity contribution in [3.8, 4) is 0 Å². The number of aromatic carboxylic acids is 1. The largest absolute Gasteiger partial charge is 0.478 e. The third-order valence-corrected chi connectivity index (χ3v) is 8.29. The van der Waals surface area contributed by atoms with Crippen molar-refractivity contribution in [3.63, 3.8) is 0 Å². The minimum Gasteiger partial charge on any atom is -0.478 e. The molecule has 2 fully saturated rings. The van der Waals surface area contributed by atoms with Gasteiger partial charge < -0.3 is 30.6 Å². The third kappa shape index (κ3) is 4.28. The Morgan fingerprint density at radius 3 is 2.42 bits per heavy atom. The highest BCUT2D eigenvalue weighted by Crippen LogP contribution is 2.52. The smallest absolute Gasteiger partial charge is 0.408 e. The first-order valence-corrected chi connectivity index (χ1v) is 12.1. The molecule has 0 spiro atoms. The summed E-state index contributed by atoms with van der Waals surface area (Å²) in [5.41, 5.74) is -0.00544. The summed E-state index contributed by atoms with van der Waals surface area (Å²) in [6.07, 6.45) is -2.18. The number of nitrogens with one attached hydrogen (secondary N) is 1. The first-order chi connectivity index (χ1) is 16.9. The molecule has 1 aromatic carbocycles. The molecule has 0 aromatic heterocycles. The maximum Gasteiger partial charge on any atom is 0.408 e. The van der Waals surface area contributed by atoms with Crippen molar-refractivity contribution in [3.05, 3.63) is 40.4 Å². The van der Waals surface area contributed by atoms with E-state index in [1.165, 1.54) is 36.1 Å². The van der Waals surface area contributed by atoms with Crippen molar-refractivity contribution >= 4 is 47.3 Å². The molecule has 3 aliphatic rings. The maximum atomic E-state index is 12.9. The second-order valence-corrected chi connectivity index (χ2v) is 10.4. The molecule has 3 heterocycles. The van der Waals surface area contributed by atoms with Crippen LogP contribution in [-0.2, 0) is 14.4 Å². The van der Waals surface area contributed by atoms with Gasteiger partial charge in [-0.15, -0.1) is 11.8 Å². The fourth-order valence-corrected chi connectivity index (χ4v) is 6.68. The minimum absolute atomic E-state index is 0.0409. The number of aliphatic hydroxyl groups is 1. The van der Waals surface area contributed by atoms with Gasteiger partial charge in [-0.3, -0.25) is 14.5 Å². The number of benzene rings is 1. The molecule has 13 heteroatoms. The molecule has 0 radical (unpaired) electrons.